The molecule has 3 N–H and O–H groups in total. The summed E-state index contributed by atoms with van der Waals surface area (Å²) in [5, 5.41) is 14.6. The number of ether oxygens (including phenoxy) is 3. The summed E-state index contributed by atoms with van der Waals surface area (Å²) in [6, 6.07) is 15.0. The summed E-state index contributed by atoms with van der Waals surface area (Å²) in [7, 11) is 1.37. The van der Waals surface area contributed by atoms with Crippen LogP contribution in [-0.2, 0) is 23.8 Å². The third kappa shape index (κ3) is 5.31. The van der Waals surface area contributed by atoms with Gasteiger partial charge >= 0.3 is 12.1 Å². The monoisotopic (exact) mass is 482 g/mol. The molecule has 0 aromatic heterocycles. The molecule has 2 aliphatic rings. The lowest BCUT2D eigenvalue weighted by Crippen LogP contribution is -2.53. The van der Waals surface area contributed by atoms with Crippen LogP contribution in [0.2, 0.25) is 0 Å². The second-order valence-corrected chi connectivity index (χ2v) is 8.81. The average molecular weight is 483 g/mol. The number of rotatable bonds is 9. The van der Waals surface area contributed by atoms with Crippen molar-refractivity contribution in [3.63, 3.8) is 0 Å². The van der Waals surface area contributed by atoms with Crippen LogP contribution in [0.25, 0.3) is 11.1 Å². The summed E-state index contributed by atoms with van der Waals surface area (Å²) < 4.78 is 16.1. The van der Waals surface area contributed by atoms with Gasteiger partial charge in [-0.3, -0.25) is 4.79 Å². The summed E-state index contributed by atoms with van der Waals surface area (Å²) in [5.74, 6) is -2.09. The fourth-order valence-electron chi connectivity index (χ4n) is 4.75. The average Bonchev–Trinajstić information content (AvgIpc) is 3.47. The zero-order chi connectivity index (χ0) is 24.9. The van der Waals surface area contributed by atoms with E-state index in [1.165, 1.54) is 7.11 Å². The van der Waals surface area contributed by atoms with Crippen LogP contribution in [0, 0.1) is 5.92 Å². The SMILES string of the molecule is CO[C@H](C)[C@H](NC(=O)C1OCCC1CNC(=O)OCC1c2ccccc2-c2ccccc21)C(=O)O. The van der Waals surface area contributed by atoms with E-state index in [9.17, 15) is 19.5 Å². The van der Waals surface area contributed by atoms with Crippen molar-refractivity contribution in [2.24, 2.45) is 5.92 Å². The van der Waals surface area contributed by atoms with E-state index in [0.29, 0.717) is 13.0 Å². The Morgan fingerprint density at radius 1 is 1.09 bits per heavy atom. The molecule has 2 aromatic carbocycles. The minimum atomic E-state index is -1.20. The van der Waals surface area contributed by atoms with Crippen LogP contribution in [0.1, 0.15) is 30.4 Å². The van der Waals surface area contributed by atoms with E-state index < -0.39 is 36.2 Å². The first-order chi connectivity index (χ1) is 16.9. The fourth-order valence-corrected chi connectivity index (χ4v) is 4.75. The first-order valence-corrected chi connectivity index (χ1v) is 11.7. The van der Waals surface area contributed by atoms with Gasteiger partial charge in [0.1, 0.15) is 12.7 Å². The Labute approximate surface area is 203 Å². The highest BCUT2D eigenvalue weighted by atomic mass is 16.5. The number of benzene rings is 2. The number of nitrogens with one attached hydrogen (secondary N) is 2. The molecule has 2 unspecified atom stereocenters. The smallest absolute Gasteiger partial charge is 0.407 e. The van der Waals surface area contributed by atoms with Crippen LogP contribution in [-0.4, -0.2) is 68.2 Å². The Morgan fingerprint density at radius 2 is 1.71 bits per heavy atom. The van der Waals surface area contributed by atoms with Crippen molar-refractivity contribution in [3.8, 4) is 11.1 Å². The lowest BCUT2D eigenvalue weighted by atomic mass is 9.98. The molecule has 1 aliphatic heterocycles. The predicted octanol–water partition coefficient (Wildman–Crippen LogP) is 2.53. The van der Waals surface area contributed by atoms with Gasteiger partial charge in [-0.2, -0.15) is 0 Å². The molecule has 1 heterocycles. The number of alkyl carbamates (subject to hydrolysis) is 1. The maximum Gasteiger partial charge on any atom is 0.407 e. The molecule has 0 spiro atoms. The van der Waals surface area contributed by atoms with Crippen LogP contribution >= 0.6 is 0 Å². The van der Waals surface area contributed by atoms with Crippen molar-refractivity contribution < 1.29 is 33.7 Å². The van der Waals surface area contributed by atoms with Gasteiger partial charge in [0.05, 0.1) is 6.10 Å². The van der Waals surface area contributed by atoms with Crippen molar-refractivity contribution in [1.29, 1.82) is 0 Å². The highest BCUT2D eigenvalue weighted by Gasteiger charge is 2.37. The van der Waals surface area contributed by atoms with E-state index in [4.69, 9.17) is 14.2 Å². The molecular weight excluding hydrogens is 452 g/mol. The van der Waals surface area contributed by atoms with E-state index in [1.807, 2.05) is 24.3 Å². The zero-order valence-corrected chi connectivity index (χ0v) is 19.7. The molecule has 1 aliphatic carbocycles. The van der Waals surface area contributed by atoms with Gasteiger partial charge in [-0.25, -0.2) is 9.59 Å². The van der Waals surface area contributed by atoms with Gasteiger partial charge in [0.2, 0.25) is 5.91 Å². The molecule has 0 bridgehead atoms. The van der Waals surface area contributed by atoms with E-state index >= 15 is 0 Å². The number of hydrogen-bond acceptors (Lipinski definition) is 6. The molecule has 4 rings (SSSR count). The Balaban J connectivity index is 1.31. The van der Waals surface area contributed by atoms with Crippen LogP contribution in [0.15, 0.2) is 48.5 Å². The standard InChI is InChI=1S/C26H30N2O7/c1-15(33-2)22(25(30)31)28-24(29)23-16(11-12-34-23)13-27-26(32)35-14-21-19-9-5-3-7-17(19)18-8-4-6-10-20(18)21/h3-10,15-16,21-23H,11-14H2,1-2H3,(H,27,32)(H,28,29)(H,30,31)/t15-,16?,22+,23?/m1/s1. The molecule has 35 heavy (non-hydrogen) atoms. The molecule has 0 saturated carbocycles. The lowest BCUT2D eigenvalue weighted by Gasteiger charge is -2.24. The molecule has 0 radical (unpaired) electrons. The van der Waals surface area contributed by atoms with Crippen molar-refractivity contribution >= 4 is 18.0 Å². The minimum absolute atomic E-state index is 0.0442. The van der Waals surface area contributed by atoms with Gasteiger partial charge in [0, 0.05) is 32.1 Å². The third-order valence-corrected chi connectivity index (χ3v) is 6.73. The van der Waals surface area contributed by atoms with Crippen molar-refractivity contribution in [2.45, 2.75) is 37.5 Å². The van der Waals surface area contributed by atoms with Gasteiger partial charge < -0.3 is 30.0 Å². The van der Waals surface area contributed by atoms with Crippen molar-refractivity contribution in [3.05, 3.63) is 59.7 Å². The molecule has 2 aromatic rings. The maximum absolute atomic E-state index is 12.7. The third-order valence-electron chi connectivity index (χ3n) is 6.73. The number of carboxylic acid groups (broad SMARTS) is 1. The number of carbonyl (C=O) groups excluding carboxylic acids is 2. The molecular formula is C26H30N2O7. The lowest BCUT2D eigenvalue weighted by molar-refractivity contribution is -0.147. The number of methoxy groups -OCH3 is 1. The predicted molar refractivity (Wildman–Crippen MR) is 127 cm³/mol. The number of fused-ring (bicyclic) bond motifs is 3. The summed E-state index contributed by atoms with van der Waals surface area (Å²) in [4.78, 5) is 36.6. The highest BCUT2D eigenvalue weighted by molar-refractivity contribution is 5.87. The van der Waals surface area contributed by atoms with Crippen LogP contribution in [0.5, 0.6) is 0 Å². The largest absolute Gasteiger partial charge is 0.480 e. The molecule has 9 heteroatoms. The van der Waals surface area contributed by atoms with E-state index in [0.717, 1.165) is 22.3 Å². The number of carbonyl (C=O) groups is 3. The Hall–Kier alpha value is -3.43. The molecule has 2 amide bonds. The fraction of sp³-hybridized carbons (Fsp3) is 0.423. The van der Waals surface area contributed by atoms with Crippen LogP contribution < -0.4 is 10.6 Å². The summed E-state index contributed by atoms with van der Waals surface area (Å²) in [6.07, 6.45) is -1.60. The Morgan fingerprint density at radius 3 is 2.31 bits per heavy atom. The van der Waals surface area contributed by atoms with Gasteiger partial charge in [0.15, 0.2) is 6.04 Å². The van der Waals surface area contributed by atoms with Crippen LogP contribution in [0.3, 0.4) is 0 Å². The summed E-state index contributed by atoms with van der Waals surface area (Å²) in [5.41, 5.74) is 4.55. The first-order valence-electron chi connectivity index (χ1n) is 11.7. The maximum atomic E-state index is 12.7. The second-order valence-electron chi connectivity index (χ2n) is 8.81. The van der Waals surface area contributed by atoms with E-state index in [2.05, 4.69) is 34.9 Å². The molecule has 4 atom stereocenters. The van der Waals surface area contributed by atoms with Gasteiger partial charge in [0.25, 0.3) is 0 Å². The molecule has 186 valence electrons. The quantitative estimate of drug-likeness (QED) is 0.502. The zero-order valence-electron chi connectivity index (χ0n) is 19.7. The van der Waals surface area contributed by atoms with Gasteiger partial charge in [-0.15, -0.1) is 0 Å². The number of amides is 2. The number of hydrogen-bond donors (Lipinski definition) is 3. The van der Waals surface area contributed by atoms with Gasteiger partial charge in [-0.1, -0.05) is 48.5 Å². The van der Waals surface area contributed by atoms with Crippen LogP contribution in [0.4, 0.5) is 4.79 Å². The summed E-state index contributed by atoms with van der Waals surface area (Å²) >= 11 is 0. The Bertz CT molecular complexity index is 1040. The highest BCUT2D eigenvalue weighted by Crippen LogP contribution is 2.44. The van der Waals surface area contributed by atoms with Gasteiger partial charge in [-0.05, 0) is 35.6 Å². The Kier molecular flexibility index (Phi) is 7.67. The summed E-state index contributed by atoms with van der Waals surface area (Å²) in [6.45, 7) is 2.27. The second kappa shape index (κ2) is 10.9. The van der Waals surface area contributed by atoms with E-state index in [1.54, 1.807) is 6.92 Å². The number of carboxylic acids is 1. The molecule has 1 fully saturated rings. The van der Waals surface area contributed by atoms with E-state index in [-0.39, 0.29) is 25.0 Å². The minimum Gasteiger partial charge on any atom is -0.480 e. The first kappa shape index (κ1) is 24.7. The number of aliphatic carboxylic acids is 1. The van der Waals surface area contributed by atoms with Crippen molar-refractivity contribution in [1.82, 2.24) is 10.6 Å². The topological polar surface area (TPSA) is 123 Å². The molecule has 9 nitrogen and oxygen atoms in total. The normalized spacial score (nSPS) is 20.4. The van der Waals surface area contributed by atoms with Crippen molar-refractivity contribution in [2.75, 3.05) is 26.9 Å². The molecule has 1 saturated heterocycles.